The van der Waals surface area contributed by atoms with Crippen LogP contribution in [-0.4, -0.2) is 46.1 Å². The van der Waals surface area contributed by atoms with Crippen LogP contribution in [0.1, 0.15) is 40.4 Å². The first-order chi connectivity index (χ1) is 14.6. The van der Waals surface area contributed by atoms with E-state index in [4.69, 9.17) is 0 Å². The highest BCUT2D eigenvalue weighted by Gasteiger charge is 2.28. The van der Waals surface area contributed by atoms with Gasteiger partial charge in [-0.1, -0.05) is 0 Å². The molecule has 13 nitrogen and oxygen atoms in total. The Kier molecular flexibility index (Phi) is 5.86. The van der Waals surface area contributed by atoms with Crippen LogP contribution in [0.4, 0.5) is 11.4 Å². The third kappa shape index (κ3) is 4.29. The fourth-order valence-electron chi connectivity index (χ4n) is 3.27. The summed E-state index contributed by atoms with van der Waals surface area (Å²) in [5, 5.41) is 28.9. The topological polar surface area (TPSA) is 155 Å². The maximum absolute atomic E-state index is 12.8. The van der Waals surface area contributed by atoms with Crippen molar-refractivity contribution < 1.29 is 14.5 Å². The standard InChI is InChI=1S/C18H23N9O4/c1-10-15(27(30)31)11(2)26(23-10)12(3)17(28)22-14-8-21-25(5)16(14)18(29)19-6-13-7-20-24(4)9-13/h7-9,12H,6H2,1-5H3,(H,19,29)(H,22,28). The van der Waals surface area contributed by atoms with Crippen LogP contribution in [0.3, 0.4) is 0 Å². The zero-order valence-electron chi connectivity index (χ0n) is 17.8. The summed E-state index contributed by atoms with van der Waals surface area (Å²) in [5.41, 5.74) is 1.58. The molecule has 1 unspecified atom stereocenters. The molecule has 31 heavy (non-hydrogen) atoms. The highest BCUT2D eigenvalue weighted by molar-refractivity contribution is 6.03. The van der Waals surface area contributed by atoms with E-state index < -0.39 is 22.8 Å². The number of rotatable bonds is 7. The lowest BCUT2D eigenvalue weighted by atomic mass is 10.2. The highest BCUT2D eigenvalue weighted by atomic mass is 16.6. The van der Waals surface area contributed by atoms with Crippen molar-refractivity contribution in [1.82, 2.24) is 34.7 Å². The normalized spacial score (nSPS) is 11.9. The summed E-state index contributed by atoms with van der Waals surface area (Å²) in [6.07, 6.45) is 4.79. The van der Waals surface area contributed by atoms with Crippen LogP contribution in [0, 0.1) is 24.0 Å². The van der Waals surface area contributed by atoms with E-state index in [0.717, 1.165) is 5.56 Å². The van der Waals surface area contributed by atoms with Crippen molar-refractivity contribution in [2.45, 2.75) is 33.4 Å². The Balaban J connectivity index is 1.76. The second kappa shape index (κ2) is 8.38. The van der Waals surface area contributed by atoms with Gasteiger partial charge in [0.05, 0.1) is 23.0 Å². The van der Waals surface area contributed by atoms with E-state index in [1.807, 2.05) is 0 Å². The van der Waals surface area contributed by atoms with E-state index >= 15 is 0 Å². The van der Waals surface area contributed by atoms with Crippen molar-refractivity contribution >= 4 is 23.2 Å². The van der Waals surface area contributed by atoms with Crippen LogP contribution in [0.15, 0.2) is 18.6 Å². The van der Waals surface area contributed by atoms with Crippen molar-refractivity contribution in [3.8, 4) is 0 Å². The predicted molar refractivity (Wildman–Crippen MR) is 109 cm³/mol. The molecule has 13 heteroatoms. The summed E-state index contributed by atoms with van der Waals surface area (Å²) in [4.78, 5) is 36.2. The van der Waals surface area contributed by atoms with Gasteiger partial charge in [0, 0.05) is 32.4 Å². The lowest BCUT2D eigenvalue weighted by molar-refractivity contribution is -0.386. The SMILES string of the molecule is Cc1nn(C(C)C(=O)Nc2cnn(C)c2C(=O)NCc2cnn(C)c2)c(C)c1[N+](=O)[O-]. The molecule has 0 aliphatic heterocycles. The summed E-state index contributed by atoms with van der Waals surface area (Å²) >= 11 is 0. The first-order valence-corrected chi connectivity index (χ1v) is 9.38. The molecule has 2 amide bonds. The van der Waals surface area contributed by atoms with Gasteiger partial charge in [-0.3, -0.25) is 33.7 Å². The quantitative estimate of drug-likeness (QED) is 0.419. The molecule has 0 bridgehead atoms. The Morgan fingerprint density at radius 3 is 2.52 bits per heavy atom. The number of anilines is 1. The van der Waals surface area contributed by atoms with Gasteiger partial charge in [0.2, 0.25) is 5.91 Å². The van der Waals surface area contributed by atoms with Crippen LogP contribution in [0.5, 0.6) is 0 Å². The number of carbonyl (C=O) groups is 2. The number of hydrogen-bond donors (Lipinski definition) is 2. The summed E-state index contributed by atoms with van der Waals surface area (Å²) in [6, 6.07) is -0.848. The average molecular weight is 429 g/mol. The molecule has 3 rings (SSSR count). The fraction of sp³-hybridized carbons (Fsp3) is 0.389. The molecule has 0 saturated carbocycles. The third-order valence-corrected chi connectivity index (χ3v) is 4.84. The van der Waals surface area contributed by atoms with Gasteiger partial charge in [-0.2, -0.15) is 15.3 Å². The largest absolute Gasteiger partial charge is 0.346 e. The molecule has 0 fully saturated rings. The predicted octanol–water partition coefficient (Wildman–Crippen LogP) is 1.00. The summed E-state index contributed by atoms with van der Waals surface area (Å²) in [7, 11) is 3.36. The van der Waals surface area contributed by atoms with Gasteiger partial charge in [-0.15, -0.1) is 0 Å². The molecular formula is C18H23N9O4. The van der Waals surface area contributed by atoms with Crippen LogP contribution in [0.25, 0.3) is 0 Å². The van der Waals surface area contributed by atoms with Gasteiger partial charge >= 0.3 is 5.69 Å². The number of nitrogens with one attached hydrogen (secondary N) is 2. The summed E-state index contributed by atoms with van der Waals surface area (Å²) < 4.78 is 4.27. The number of nitro groups is 1. The van der Waals surface area contributed by atoms with Crippen LogP contribution in [0.2, 0.25) is 0 Å². The lowest BCUT2D eigenvalue weighted by Gasteiger charge is -2.14. The molecule has 0 saturated heterocycles. The zero-order valence-corrected chi connectivity index (χ0v) is 17.8. The molecule has 0 radical (unpaired) electrons. The van der Waals surface area contributed by atoms with Crippen molar-refractivity contribution in [3.05, 3.63) is 51.4 Å². The number of amides is 2. The van der Waals surface area contributed by atoms with E-state index in [-0.39, 0.29) is 35.0 Å². The molecule has 1 atom stereocenters. The fourth-order valence-corrected chi connectivity index (χ4v) is 3.27. The number of carbonyl (C=O) groups excluding carboxylic acids is 2. The number of aryl methyl sites for hydroxylation is 3. The molecule has 3 aromatic rings. The molecule has 164 valence electrons. The second-order valence-corrected chi connectivity index (χ2v) is 7.12. The lowest BCUT2D eigenvalue weighted by Crippen LogP contribution is -2.29. The first kappa shape index (κ1) is 21.7. The summed E-state index contributed by atoms with van der Waals surface area (Å²) in [5.74, 6) is -0.914. The maximum atomic E-state index is 12.8. The van der Waals surface area contributed by atoms with Gasteiger partial charge in [-0.05, 0) is 20.8 Å². The first-order valence-electron chi connectivity index (χ1n) is 9.38. The van der Waals surface area contributed by atoms with E-state index in [1.54, 1.807) is 38.1 Å². The molecule has 0 aromatic carbocycles. The van der Waals surface area contributed by atoms with Crippen LogP contribution in [-0.2, 0) is 25.4 Å². The molecule has 2 N–H and O–H groups in total. The van der Waals surface area contributed by atoms with Crippen molar-refractivity contribution in [2.75, 3.05) is 5.32 Å². The molecule has 0 aliphatic carbocycles. The number of aromatic nitrogens is 6. The van der Waals surface area contributed by atoms with E-state index in [2.05, 4.69) is 25.9 Å². The highest BCUT2D eigenvalue weighted by Crippen LogP contribution is 2.25. The van der Waals surface area contributed by atoms with Gasteiger partial charge in [0.1, 0.15) is 23.1 Å². The monoisotopic (exact) mass is 429 g/mol. The third-order valence-electron chi connectivity index (χ3n) is 4.84. The van der Waals surface area contributed by atoms with Gasteiger partial charge in [0.15, 0.2) is 0 Å². The van der Waals surface area contributed by atoms with Gasteiger partial charge in [0.25, 0.3) is 5.91 Å². The maximum Gasteiger partial charge on any atom is 0.312 e. The van der Waals surface area contributed by atoms with E-state index in [0.29, 0.717) is 0 Å². The Morgan fingerprint density at radius 1 is 1.23 bits per heavy atom. The summed E-state index contributed by atoms with van der Waals surface area (Å²) in [6.45, 7) is 4.87. The Labute approximate surface area is 177 Å². The molecular weight excluding hydrogens is 406 g/mol. The van der Waals surface area contributed by atoms with Crippen LogP contribution >= 0.6 is 0 Å². The Hall–Kier alpha value is -4.03. The molecule has 0 spiro atoms. The second-order valence-electron chi connectivity index (χ2n) is 7.12. The van der Waals surface area contributed by atoms with Gasteiger partial charge in [-0.25, -0.2) is 0 Å². The van der Waals surface area contributed by atoms with Crippen molar-refractivity contribution in [3.63, 3.8) is 0 Å². The Bertz CT molecular complexity index is 1160. The van der Waals surface area contributed by atoms with E-state index in [1.165, 1.54) is 29.4 Å². The minimum Gasteiger partial charge on any atom is -0.346 e. The smallest absolute Gasteiger partial charge is 0.312 e. The minimum atomic E-state index is -0.848. The molecule has 3 aromatic heterocycles. The average Bonchev–Trinajstić information content (AvgIpc) is 3.36. The molecule has 0 aliphatic rings. The van der Waals surface area contributed by atoms with E-state index in [9.17, 15) is 19.7 Å². The zero-order chi connectivity index (χ0) is 22.9. The van der Waals surface area contributed by atoms with Crippen molar-refractivity contribution in [2.24, 2.45) is 14.1 Å². The minimum absolute atomic E-state index is 0.128. The van der Waals surface area contributed by atoms with Gasteiger partial charge < -0.3 is 10.6 Å². The number of hydrogen-bond acceptors (Lipinski definition) is 7. The Morgan fingerprint density at radius 2 is 1.94 bits per heavy atom. The van der Waals surface area contributed by atoms with Crippen molar-refractivity contribution in [1.29, 1.82) is 0 Å². The number of nitrogens with zero attached hydrogens (tertiary/aromatic N) is 7. The molecule has 3 heterocycles. The van der Waals surface area contributed by atoms with Crippen LogP contribution < -0.4 is 10.6 Å².